The molecular weight excluding hydrogens is 454 g/mol. The number of nitrogen functional groups attached to an aromatic ring is 1. The van der Waals surface area contributed by atoms with Crippen molar-refractivity contribution >= 4 is 33.7 Å². The summed E-state index contributed by atoms with van der Waals surface area (Å²) in [6.07, 6.45) is -0.629. The van der Waals surface area contributed by atoms with E-state index < -0.39 is 17.6 Å². The van der Waals surface area contributed by atoms with Crippen molar-refractivity contribution in [1.29, 1.82) is 0 Å². The van der Waals surface area contributed by atoms with E-state index in [1.54, 1.807) is 0 Å². The molecule has 0 aromatic heterocycles. The van der Waals surface area contributed by atoms with Crippen LogP contribution in [-0.4, -0.2) is 54.2 Å². The molecule has 1 aromatic carbocycles. The molecule has 7 nitrogen and oxygen atoms in total. The molecular formula is C24H47NO6Si2. The molecule has 0 saturated carbocycles. The third kappa shape index (κ3) is 9.41. The highest BCUT2D eigenvalue weighted by atomic mass is 28.4. The van der Waals surface area contributed by atoms with Crippen LogP contribution in [0.5, 0.6) is 0 Å². The first-order chi connectivity index (χ1) is 15.1. The highest BCUT2D eigenvalue weighted by molar-refractivity contribution is 6.79. The van der Waals surface area contributed by atoms with Gasteiger partial charge in [-0.2, -0.15) is 0 Å². The number of anilines is 1. The van der Waals surface area contributed by atoms with E-state index >= 15 is 0 Å². The molecule has 0 fully saturated rings. The molecule has 0 aliphatic carbocycles. The van der Waals surface area contributed by atoms with Gasteiger partial charge in [0.05, 0.1) is 0 Å². The van der Waals surface area contributed by atoms with E-state index in [1.165, 1.54) is 0 Å². The van der Waals surface area contributed by atoms with Gasteiger partial charge in [0.15, 0.2) is 0 Å². The van der Waals surface area contributed by atoms with Crippen LogP contribution >= 0.6 is 0 Å². The third-order valence-electron chi connectivity index (χ3n) is 4.01. The topological polar surface area (TPSA) is 81.4 Å². The quantitative estimate of drug-likeness (QED) is 0.303. The van der Waals surface area contributed by atoms with Crippen LogP contribution in [0.2, 0.25) is 0 Å². The molecule has 0 amide bonds. The van der Waals surface area contributed by atoms with Crippen molar-refractivity contribution in [3.8, 4) is 0 Å². The van der Waals surface area contributed by atoms with Crippen molar-refractivity contribution in [3.05, 3.63) is 18.2 Å². The Bertz CT molecular complexity index is 616. The maximum Gasteiger partial charge on any atom is 0.537 e. The second kappa shape index (κ2) is 12.8. The fourth-order valence-corrected chi connectivity index (χ4v) is 9.81. The second-order valence-electron chi connectivity index (χ2n) is 9.96. The highest BCUT2D eigenvalue weighted by Crippen LogP contribution is 2.22. The predicted octanol–water partition coefficient (Wildman–Crippen LogP) is 4.11. The van der Waals surface area contributed by atoms with Crippen molar-refractivity contribution in [2.45, 2.75) is 120 Å². The van der Waals surface area contributed by atoms with Crippen molar-refractivity contribution in [2.24, 2.45) is 0 Å². The number of nitrogens with two attached hydrogens (primary N) is 1. The van der Waals surface area contributed by atoms with Gasteiger partial charge >= 0.3 is 17.6 Å². The number of hydrogen-bond acceptors (Lipinski definition) is 7. The molecule has 9 heteroatoms. The third-order valence-corrected chi connectivity index (χ3v) is 10.7. The molecule has 0 atom stereocenters. The van der Waals surface area contributed by atoms with E-state index in [1.807, 2.05) is 101 Å². The van der Waals surface area contributed by atoms with Gasteiger partial charge in [0, 0.05) is 52.7 Å². The van der Waals surface area contributed by atoms with Gasteiger partial charge in [-0.05, 0) is 101 Å². The van der Waals surface area contributed by atoms with Crippen LogP contribution in [0.4, 0.5) is 5.69 Å². The summed E-state index contributed by atoms with van der Waals surface area (Å²) in [4.78, 5) is 0. The van der Waals surface area contributed by atoms with Crippen LogP contribution in [0.3, 0.4) is 0 Å². The summed E-state index contributed by atoms with van der Waals surface area (Å²) in [7, 11) is -6.69. The van der Waals surface area contributed by atoms with Crippen molar-refractivity contribution < 1.29 is 26.6 Å². The van der Waals surface area contributed by atoms with Gasteiger partial charge in [0.1, 0.15) is 0 Å². The minimum absolute atomic E-state index is 0.105. The zero-order valence-corrected chi connectivity index (χ0v) is 24.7. The van der Waals surface area contributed by atoms with E-state index in [0.717, 1.165) is 10.4 Å². The Labute approximate surface area is 204 Å². The molecule has 0 bridgehead atoms. The van der Waals surface area contributed by atoms with Gasteiger partial charge in [0.25, 0.3) is 0 Å². The largest absolute Gasteiger partial charge is 0.537 e. The van der Waals surface area contributed by atoms with Crippen LogP contribution < -0.4 is 16.1 Å². The van der Waals surface area contributed by atoms with Crippen LogP contribution in [0.15, 0.2) is 18.2 Å². The van der Waals surface area contributed by atoms with E-state index in [-0.39, 0.29) is 36.6 Å². The normalized spacial score (nSPS) is 13.5. The lowest BCUT2D eigenvalue weighted by atomic mass is 10.3. The van der Waals surface area contributed by atoms with Crippen LogP contribution in [0, 0.1) is 0 Å². The predicted molar refractivity (Wildman–Crippen MR) is 139 cm³/mol. The zero-order valence-electron chi connectivity index (χ0n) is 22.7. The summed E-state index contributed by atoms with van der Waals surface area (Å²) in [5.41, 5.74) is 7.00. The van der Waals surface area contributed by atoms with Gasteiger partial charge in [0.2, 0.25) is 0 Å². The summed E-state index contributed by atoms with van der Waals surface area (Å²) in [6.45, 7) is 23.8. The van der Waals surface area contributed by atoms with Crippen LogP contribution in [0.25, 0.3) is 0 Å². The lowest BCUT2D eigenvalue weighted by molar-refractivity contribution is 0.0153. The maximum absolute atomic E-state index is 6.45. The average Bonchev–Trinajstić information content (AvgIpc) is 2.57. The molecule has 0 saturated heterocycles. The fourth-order valence-electron chi connectivity index (χ4n) is 3.44. The molecule has 192 valence electrons. The van der Waals surface area contributed by atoms with E-state index in [4.69, 9.17) is 32.3 Å². The minimum Gasteiger partial charge on any atom is -0.399 e. The Morgan fingerprint density at radius 2 is 0.667 bits per heavy atom. The highest BCUT2D eigenvalue weighted by Gasteiger charge is 2.51. The Morgan fingerprint density at radius 1 is 0.455 bits per heavy atom. The second-order valence-corrected chi connectivity index (χ2v) is 14.7. The van der Waals surface area contributed by atoms with Crippen molar-refractivity contribution in [1.82, 2.24) is 0 Å². The standard InChI is InChI=1S/C24H47NO6Si2/c1-16(2)26-32(27-17(3)4,28-18(5)6)23-13-22(25)14-24(15-23)33(29-19(7)8,30-20(9)10)31-21(11)12/h13-21H,25H2,1-12H3. The van der Waals surface area contributed by atoms with E-state index in [2.05, 4.69) is 0 Å². The van der Waals surface area contributed by atoms with Gasteiger partial charge < -0.3 is 32.3 Å². The molecule has 0 aliphatic heterocycles. The maximum atomic E-state index is 6.45. The summed E-state index contributed by atoms with van der Waals surface area (Å²) in [5.74, 6) is 0. The Hall–Kier alpha value is -0.786. The van der Waals surface area contributed by atoms with E-state index in [0.29, 0.717) is 5.69 Å². The first-order valence-electron chi connectivity index (χ1n) is 12.1. The SMILES string of the molecule is CC(C)O[Si](OC(C)C)(OC(C)C)c1cc(N)cc([Si](OC(C)C)(OC(C)C)OC(C)C)c1. The van der Waals surface area contributed by atoms with Crippen LogP contribution in [0.1, 0.15) is 83.1 Å². The summed E-state index contributed by atoms with van der Waals surface area (Å²) < 4.78 is 38.7. The summed E-state index contributed by atoms with van der Waals surface area (Å²) in [6, 6.07) is 5.75. The molecule has 33 heavy (non-hydrogen) atoms. The van der Waals surface area contributed by atoms with Gasteiger partial charge in [-0.15, -0.1) is 0 Å². The number of benzene rings is 1. The first kappa shape index (κ1) is 30.2. The Kier molecular flexibility index (Phi) is 11.7. The first-order valence-corrected chi connectivity index (χ1v) is 15.5. The molecule has 0 aliphatic rings. The lowest BCUT2D eigenvalue weighted by Crippen LogP contribution is -2.64. The summed E-state index contributed by atoms with van der Waals surface area (Å²) >= 11 is 0. The molecule has 1 aromatic rings. The lowest BCUT2D eigenvalue weighted by Gasteiger charge is -2.37. The van der Waals surface area contributed by atoms with Gasteiger partial charge in [-0.3, -0.25) is 0 Å². The zero-order chi connectivity index (χ0) is 25.6. The minimum atomic E-state index is -3.35. The molecule has 0 unspecified atom stereocenters. The smallest absolute Gasteiger partial charge is 0.399 e. The summed E-state index contributed by atoms with van der Waals surface area (Å²) in [5, 5.41) is 1.55. The number of rotatable bonds is 14. The molecule has 2 N–H and O–H groups in total. The average molecular weight is 502 g/mol. The monoisotopic (exact) mass is 501 g/mol. The molecule has 0 spiro atoms. The molecule has 0 radical (unpaired) electrons. The van der Waals surface area contributed by atoms with E-state index in [9.17, 15) is 0 Å². The van der Waals surface area contributed by atoms with Gasteiger partial charge in [-0.1, -0.05) is 0 Å². The molecule has 0 heterocycles. The fraction of sp³-hybridized carbons (Fsp3) is 0.750. The van der Waals surface area contributed by atoms with Crippen LogP contribution in [-0.2, 0) is 26.6 Å². The van der Waals surface area contributed by atoms with Crippen molar-refractivity contribution in [3.63, 3.8) is 0 Å². The molecule has 1 rings (SSSR count). The van der Waals surface area contributed by atoms with Crippen molar-refractivity contribution in [2.75, 3.05) is 5.73 Å². The number of hydrogen-bond donors (Lipinski definition) is 1. The Morgan fingerprint density at radius 3 is 0.848 bits per heavy atom. The Balaban J connectivity index is 3.85. The van der Waals surface area contributed by atoms with Gasteiger partial charge in [-0.25, -0.2) is 0 Å².